The normalized spacial score (nSPS) is 10.4. The van der Waals surface area contributed by atoms with Gasteiger partial charge in [0.2, 0.25) is 0 Å². The molecule has 2 N–H and O–H groups in total. The van der Waals surface area contributed by atoms with Crippen molar-refractivity contribution in [3.63, 3.8) is 0 Å². The van der Waals surface area contributed by atoms with E-state index in [2.05, 4.69) is 15.6 Å². The number of phenols is 1. The molecule has 0 aliphatic carbocycles. The topological polar surface area (TPSA) is 80.0 Å². The van der Waals surface area contributed by atoms with E-state index in [0.29, 0.717) is 12.2 Å². The smallest absolute Gasteiger partial charge is 0.277 e. The number of para-hydroxylation sites is 2. The lowest BCUT2D eigenvalue weighted by Gasteiger charge is -2.04. The fourth-order valence-electron chi connectivity index (χ4n) is 2.02. The summed E-state index contributed by atoms with van der Waals surface area (Å²) in [6.45, 7) is 0.539. The summed E-state index contributed by atoms with van der Waals surface area (Å²) < 4.78 is 1.59. The summed E-state index contributed by atoms with van der Waals surface area (Å²) in [4.78, 5) is 12.1. The van der Waals surface area contributed by atoms with Crippen molar-refractivity contribution in [2.75, 3.05) is 5.32 Å². The monoisotopic (exact) mass is 294 g/mol. The Kier molecular flexibility index (Phi) is 3.82. The van der Waals surface area contributed by atoms with Crippen molar-refractivity contribution in [3.8, 4) is 5.75 Å². The highest BCUT2D eigenvalue weighted by Gasteiger charge is 2.12. The van der Waals surface area contributed by atoms with Gasteiger partial charge >= 0.3 is 0 Å². The predicted octanol–water partition coefficient (Wildman–Crippen LogP) is 2.28. The Hall–Kier alpha value is -3.15. The third-order valence-corrected chi connectivity index (χ3v) is 3.11. The van der Waals surface area contributed by atoms with Gasteiger partial charge in [-0.25, -0.2) is 4.68 Å². The average Bonchev–Trinajstić information content (AvgIpc) is 2.99. The molecular weight excluding hydrogens is 280 g/mol. The third kappa shape index (κ3) is 3.12. The lowest BCUT2D eigenvalue weighted by atomic mass is 10.2. The van der Waals surface area contributed by atoms with Crippen molar-refractivity contribution >= 4 is 11.6 Å². The second-order valence-electron chi connectivity index (χ2n) is 4.76. The van der Waals surface area contributed by atoms with Crippen LogP contribution in [0.1, 0.15) is 16.1 Å². The molecule has 110 valence electrons. The van der Waals surface area contributed by atoms with E-state index in [-0.39, 0.29) is 11.4 Å². The van der Waals surface area contributed by atoms with Gasteiger partial charge in [0, 0.05) is 0 Å². The van der Waals surface area contributed by atoms with Crippen LogP contribution in [-0.4, -0.2) is 26.0 Å². The first-order valence-electron chi connectivity index (χ1n) is 6.76. The molecule has 0 saturated carbocycles. The molecule has 1 heterocycles. The van der Waals surface area contributed by atoms with Gasteiger partial charge in [-0.15, -0.1) is 5.10 Å². The van der Waals surface area contributed by atoms with Crippen LogP contribution in [-0.2, 0) is 6.54 Å². The summed E-state index contributed by atoms with van der Waals surface area (Å²) in [5.74, 6) is -0.409. The Labute approximate surface area is 127 Å². The van der Waals surface area contributed by atoms with Crippen LogP contribution in [0.3, 0.4) is 0 Å². The van der Waals surface area contributed by atoms with Crippen LogP contribution >= 0.6 is 0 Å². The van der Waals surface area contributed by atoms with Crippen LogP contribution in [0.15, 0.2) is 60.8 Å². The fraction of sp³-hybridized carbons (Fsp3) is 0.0625. The van der Waals surface area contributed by atoms with E-state index in [1.54, 1.807) is 29.1 Å². The van der Waals surface area contributed by atoms with Crippen LogP contribution in [0.5, 0.6) is 5.75 Å². The summed E-state index contributed by atoms with van der Waals surface area (Å²) >= 11 is 0. The van der Waals surface area contributed by atoms with Gasteiger partial charge in [-0.05, 0) is 17.7 Å². The molecular formula is C16H14N4O2. The van der Waals surface area contributed by atoms with Crippen molar-refractivity contribution in [1.82, 2.24) is 15.0 Å². The van der Waals surface area contributed by atoms with Gasteiger partial charge in [0.05, 0.1) is 18.4 Å². The molecule has 2 aromatic carbocycles. The maximum atomic E-state index is 12.1. The Balaban J connectivity index is 1.71. The van der Waals surface area contributed by atoms with Crippen LogP contribution in [0, 0.1) is 0 Å². The SMILES string of the molecule is O=C(Nc1ccccc1O)c1cn(Cc2ccccc2)nn1. The maximum Gasteiger partial charge on any atom is 0.277 e. The van der Waals surface area contributed by atoms with Crippen molar-refractivity contribution in [2.24, 2.45) is 0 Å². The number of hydrogen-bond acceptors (Lipinski definition) is 4. The van der Waals surface area contributed by atoms with Crippen molar-refractivity contribution in [1.29, 1.82) is 0 Å². The number of anilines is 1. The minimum absolute atomic E-state index is 0.00697. The molecule has 6 heteroatoms. The quantitative estimate of drug-likeness (QED) is 0.723. The first kappa shape index (κ1) is 13.8. The van der Waals surface area contributed by atoms with E-state index in [4.69, 9.17) is 0 Å². The zero-order valence-electron chi connectivity index (χ0n) is 11.7. The lowest BCUT2D eigenvalue weighted by molar-refractivity contribution is 0.102. The molecule has 6 nitrogen and oxygen atoms in total. The number of aromatic hydroxyl groups is 1. The molecule has 0 spiro atoms. The van der Waals surface area contributed by atoms with Gasteiger partial charge in [-0.1, -0.05) is 47.7 Å². The number of aromatic nitrogens is 3. The highest BCUT2D eigenvalue weighted by molar-refractivity contribution is 6.03. The van der Waals surface area contributed by atoms with Gasteiger partial charge in [0.1, 0.15) is 5.75 Å². The van der Waals surface area contributed by atoms with Gasteiger partial charge in [0.15, 0.2) is 5.69 Å². The first-order chi connectivity index (χ1) is 10.7. The summed E-state index contributed by atoms with van der Waals surface area (Å²) in [7, 11) is 0. The molecule has 0 bridgehead atoms. The zero-order valence-corrected chi connectivity index (χ0v) is 11.7. The highest BCUT2D eigenvalue weighted by atomic mass is 16.3. The number of hydrogen-bond donors (Lipinski definition) is 2. The third-order valence-electron chi connectivity index (χ3n) is 3.11. The van der Waals surface area contributed by atoms with E-state index >= 15 is 0 Å². The van der Waals surface area contributed by atoms with Gasteiger partial charge < -0.3 is 10.4 Å². The van der Waals surface area contributed by atoms with E-state index in [9.17, 15) is 9.90 Å². The van der Waals surface area contributed by atoms with Gasteiger partial charge in [-0.2, -0.15) is 0 Å². The van der Waals surface area contributed by atoms with Gasteiger partial charge in [-0.3, -0.25) is 4.79 Å². The van der Waals surface area contributed by atoms with E-state index < -0.39 is 5.91 Å². The standard InChI is InChI=1S/C16H14N4O2/c21-15-9-5-4-8-13(15)17-16(22)14-11-20(19-18-14)10-12-6-2-1-3-7-12/h1-9,11,21H,10H2,(H,17,22). The Morgan fingerprint density at radius 3 is 2.59 bits per heavy atom. The maximum absolute atomic E-state index is 12.1. The van der Waals surface area contributed by atoms with Crippen LogP contribution < -0.4 is 5.32 Å². The number of phenolic OH excluding ortho intramolecular Hbond substituents is 1. The molecule has 0 saturated heterocycles. The van der Waals surface area contributed by atoms with Crippen LogP contribution in [0.25, 0.3) is 0 Å². The molecule has 0 aliphatic heterocycles. The van der Waals surface area contributed by atoms with Crippen molar-refractivity contribution in [2.45, 2.75) is 6.54 Å². The fourth-order valence-corrected chi connectivity index (χ4v) is 2.02. The number of carbonyl (C=O) groups is 1. The first-order valence-corrected chi connectivity index (χ1v) is 6.76. The minimum atomic E-state index is -0.416. The molecule has 3 rings (SSSR count). The number of rotatable bonds is 4. The second kappa shape index (κ2) is 6.09. The summed E-state index contributed by atoms with van der Waals surface area (Å²) in [5.41, 5.74) is 1.60. The van der Waals surface area contributed by atoms with E-state index in [1.165, 1.54) is 6.07 Å². The van der Waals surface area contributed by atoms with Crippen molar-refractivity contribution < 1.29 is 9.90 Å². The van der Waals surface area contributed by atoms with E-state index in [0.717, 1.165) is 5.56 Å². The molecule has 0 fully saturated rings. The molecule has 1 amide bonds. The Morgan fingerprint density at radius 1 is 1.09 bits per heavy atom. The highest BCUT2D eigenvalue weighted by Crippen LogP contribution is 2.21. The molecule has 0 unspecified atom stereocenters. The molecule has 1 aromatic heterocycles. The molecule has 3 aromatic rings. The summed E-state index contributed by atoms with van der Waals surface area (Å²) in [5, 5.41) is 20.0. The second-order valence-corrected chi connectivity index (χ2v) is 4.76. The van der Waals surface area contributed by atoms with Crippen LogP contribution in [0.2, 0.25) is 0 Å². The lowest BCUT2D eigenvalue weighted by Crippen LogP contribution is -2.12. The molecule has 0 aliphatic rings. The van der Waals surface area contributed by atoms with Gasteiger partial charge in [0.25, 0.3) is 5.91 Å². The van der Waals surface area contributed by atoms with Crippen molar-refractivity contribution in [3.05, 3.63) is 72.1 Å². The number of carbonyl (C=O) groups excluding carboxylic acids is 1. The number of benzene rings is 2. The molecule has 0 radical (unpaired) electrons. The average molecular weight is 294 g/mol. The minimum Gasteiger partial charge on any atom is -0.506 e. The largest absolute Gasteiger partial charge is 0.506 e. The molecule has 0 atom stereocenters. The predicted molar refractivity (Wildman–Crippen MR) is 81.6 cm³/mol. The summed E-state index contributed by atoms with van der Waals surface area (Å²) in [6.07, 6.45) is 1.57. The van der Waals surface area contributed by atoms with Crippen LogP contribution in [0.4, 0.5) is 5.69 Å². The Morgan fingerprint density at radius 2 is 1.82 bits per heavy atom. The zero-order chi connectivity index (χ0) is 15.4. The number of amides is 1. The number of nitrogens with zero attached hydrogens (tertiary/aromatic N) is 3. The number of nitrogens with one attached hydrogen (secondary N) is 1. The van der Waals surface area contributed by atoms with E-state index in [1.807, 2.05) is 30.3 Å². The summed E-state index contributed by atoms with van der Waals surface area (Å²) in [6, 6.07) is 16.3. The Bertz CT molecular complexity index is 784. The molecule has 22 heavy (non-hydrogen) atoms.